The van der Waals surface area contributed by atoms with Crippen molar-refractivity contribution in [3.63, 3.8) is 0 Å². The maximum absolute atomic E-state index is 12.6. The van der Waals surface area contributed by atoms with Crippen LogP contribution >= 0.6 is 34.8 Å². The number of aliphatic hydroxyl groups is 1. The number of benzene rings is 2. The van der Waals surface area contributed by atoms with E-state index in [2.05, 4.69) is 10.6 Å². The summed E-state index contributed by atoms with van der Waals surface area (Å²) < 4.78 is 16.2. The molecule has 0 unspecified atom stereocenters. The van der Waals surface area contributed by atoms with Crippen LogP contribution in [-0.2, 0) is 23.9 Å². The third kappa shape index (κ3) is 9.71. The van der Waals surface area contributed by atoms with E-state index in [0.29, 0.717) is 32.7 Å². The molecular formula is C36H45Cl3N2O8. The Morgan fingerprint density at radius 2 is 1.10 bits per heavy atom. The van der Waals surface area contributed by atoms with Crippen molar-refractivity contribution in [2.24, 2.45) is 10.8 Å². The molecule has 2 aromatic carbocycles. The maximum atomic E-state index is 12.6. The highest BCUT2D eigenvalue weighted by molar-refractivity contribution is 6.64. The summed E-state index contributed by atoms with van der Waals surface area (Å²) in [5.74, 6) is -0.0260. The lowest BCUT2D eigenvalue weighted by atomic mass is 9.95. The van der Waals surface area contributed by atoms with E-state index < -0.39 is 22.5 Å². The average Bonchev–Trinajstić information content (AvgIpc) is 3.31. The normalized spacial score (nSPS) is 16.5. The zero-order valence-electron chi connectivity index (χ0n) is 29.9. The molecule has 2 amide bonds. The second-order valence-electron chi connectivity index (χ2n) is 14.4. The molecule has 10 nitrogen and oxygen atoms in total. The van der Waals surface area contributed by atoms with Crippen molar-refractivity contribution in [3.05, 3.63) is 69.1 Å². The predicted octanol–water partition coefficient (Wildman–Crippen LogP) is 7.88. The summed E-state index contributed by atoms with van der Waals surface area (Å²) >= 11 is 17.5. The monoisotopic (exact) mass is 738 g/mol. The number of esters is 1. The van der Waals surface area contributed by atoms with Gasteiger partial charge in [-0.3, -0.25) is 19.2 Å². The van der Waals surface area contributed by atoms with E-state index in [4.69, 9.17) is 49.0 Å². The topological polar surface area (TPSA) is 140 Å². The van der Waals surface area contributed by atoms with Crippen molar-refractivity contribution in [3.8, 4) is 11.5 Å². The molecule has 0 atom stereocenters. The van der Waals surface area contributed by atoms with E-state index in [1.165, 1.54) is 14.2 Å². The lowest BCUT2D eigenvalue weighted by Crippen LogP contribution is -2.40. The highest BCUT2D eigenvalue weighted by Crippen LogP contribution is 2.42. The molecule has 13 heteroatoms. The molecule has 2 aromatic rings. The maximum Gasteiger partial charge on any atom is 0.316 e. The number of hydrogen-bond acceptors (Lipinski definition) is 8. The molecule has 2 aliphatic rings. The van der Waals surface area contributed by atoms with Crippen molar-refractivity contribution in [1.29, 1.82) is 0 Å². The van der Waals surface area contributed by atoms with Crippen molar-refractivity contribution < 1.29 is 38.5 Å². The van der Waals surface area contributed by atoms with Crippen LogP contribution in [0, 0.1) is 10.8 Å². The first-order valence-corrected chi connectivity index (χ1v) is 16.4. The Morgan fingerprint density at radius 3 is 1.45 bits per heavy atom. The first-order valence-electron chi connectivity index (χ1n) is 15.2. The minimum Gasteiger partial charge on any atom is -0.509 e. The molecule has 0 spiro atoms. The van der Waals surface area contributed by atoms with E-state index >= 15 is 0 Å². The highest BCUT2D eigenvalue weighted by Gasteiger charge is 2.44. The van der Waals surface area contributed by atoms with Gasteiger partial charge in [0, 0.05) is 5.41 Å². The number of nitrogens with one attached hydrogen (secondary N) is 2. The summed E-state index contributed by atoms with van der Waals surface area (Å²) in [7, 11) is 2.99. The Morgan fingerprint density at radius 1 is 0.714 bits per heavy atom. The molecule has 0 aromatic heterocycles. The lowest BCUT2D eigenvalue weighted by molar-refractivity contribution is -0.149. The number of aliphatic hydroxyl groups excluding tert-OH is 1. The number of halogens is 3. The Kier molecular flexibility index (Phi) is 13.1. The van der Waals surface area contributed by atoms with Gasteiger partial charge in [0.05, 0.1) is 63.0 Å². The fourth-order valence-corrected chi connectivity index (χ4v) is 4.88. The molecule has 3 N–H and O–H groups in total. The Hall–Kier alpha value is -3.73. The average molecular weight is 740 g/mol. The van der Waals surface area contributed by atoms with Crippen LogP contribution in [0.1, 0.15) is 80.4 Å². The summed E-state index contributed by atoms with van der Waals surface area (Å²) in [6.07, 6.45) is 0. The smallest absolute Gasteiger partial charge is 0.316 e. The van der Waals surface area contributed by atoms with Crippen LogP contribution in [0.4, 0.5) is 0 Å². The molecule has 268 valence electrons. The molecule has 0 aliphatic carbocycles. The van der Waals surface area contributed by atoms with Crippen LogP contribution in [0.5, 0.6) is 11.5 Å². The van der Waals surface area contributed by atoms with Gasteiger partial charge >= 0.3 is 5.97 Å². The van der Waals surface area contributed by atoms with Crippen LogP contribution in [0.2, 0.25) is 10.0 Å². The number of carbonyl (C=O) groups excluding carboxylic acids is 4. The van der Waals surface area contributed by atoms with Crippen molar-refractivity contribution in [2.75, 3.05) is 14.2 Å². The van der Waals surface area contributed by atoms with E-state index in [1.54, 1.807) is 106 Å². The Labute approximate surface area is 303 Å². The van der Waals surface area contributed by atoms with Gasteiger partial charge in [0.15, 0.2) is 0 Å². The second kappa shape index (κ2) is 15.4. The summed E-state index contributed by atoms with van der Waals surface area (Å²) in [5.41, 5.74) is -1.48. The number of methoxy groups -OCH3 is 2. The van der Waals surface area contributed by atoms with Gasteiger partial charge in [-0.05, 0) is 84.3 Å². The van der Waals surface area contributed by atoms with Gasteiger partial charge in [0.1, 0.15) is 23.0 Å². The number of carbonyl (C=O) groups is 4. The van der Waals surface area contributed by atoms with Crippen molar-refractivity contribution >= 4 is 69.0 Å². The van der Waals surface area contributed by atoms with Gasteiger partial charge < -0.3 is 30.0 Å². The standard InChI is InChI=1S/C18H22ClNO4.C13H14ClNO3.C5H9ClO/c1-17(2,3)16(22)24-14-13(15(21)20-18(14,4)5)12-10(19)8-7-9-11(12)23-6;1-13(2)11(16)10(12(17)15-13)9-7(14)5-4-6-8(9)18-3;1-5(2,3)4(6)7/h7-9H,1-6H3,(H,20,21);4-6,16H,1-3H3,(H,15,17);1-3H3. The van der Waals surface area contributed by atoms with E-state index in [0.717, 1.165) is 0 Å². The lowest BCUT2D eigenvalue weighted by Gasteiger charge is -2.25. The van der Waals surface area contributed by atoms with Gasteiger partial charge in [0.25, 0.3) is 11.8 Å². The van der Waals surface area contributed by atoms with Gasteiger partial charge in [-0.2, -0.15) is 0 Å². The number of rotatable bonds is 5. The third-order valence-electron chi connectivity index (χ3n) is 7.22. The summed E-state index contributed by atoms with van der Waals surface area (Å²) in [6.45, 7) is 17.6. The van der Waals surface area contributed by atoms with Gasteiger partial charge in [-0.15, -0.1) is 0 Å². The highest BCUT2D eigenvalue weighted by atomic mass is 35.5. The van der Waals surface area contributed by atoms with E-state index in [-0.39, 0.29) is 45.1 Å². The van der Waals surface area contributed by atoms with Crippen LogP contribution in [-0.4, -0.2) is 53.4 Å². The molecular weight excluding hydrogens is 695 g/mol. The molecule has 4 rings (SSSR count). The van der Waals surface area contributed by atoms with Gasteiger partial charge in [-0.1, -0.05) is 56.1 Å². The molecule has 49 heavy (non-hydrogen) atoms. The van der Waals surface area contributed by atoms with Gasteiger partial charge in [0.2, 0.25) is 5.24 Å². The van der Waals surface area contributed by atoms with Crippen LogP contribution < -0.4 is 20.1 Å². The van der Waals surface area contributed by atoms with E-state index in [1.807, 2.05) is 0 Å². The minimum absolute atomic E-state index is 0.0288. The predicted molar refractivity (Wildman–Crippen MR) is 193 cm³/mol. The van der Waals surface area contributed by atoms with Crippen LogP contribution in [0.25, 0.3) is 11.1 Å². The quantitative estimate of drug-likeness (QED) is 0.208. The Balaban J connectivity index is 0.000000293. The third-order valence-corrected chi connectivity index (χ3v) is 8.41. The largest absolute Gasteiger partial charge is 0.509 e. The molecule has 2 aliphatic heterocycles. The molecule has 0 saturated heterocycles. The minimum atomic E-state index is -0.836. The zero-order valence-corrected chi connectivity index (χ0v) is 32.2. The first-order chi connectivity index (χ1) is 22.3. The van der Waals surface area contributed by atoms with Crippen molar-refractivity contribution in [1.82, 2.24) is 10.6 Å². The van der Waals surface area contributed by atoms with Crippen LogP contribution in [0.15, 0.2) is 47.9 Å². The second-order valence-corrected chi connectivity index (χ2v) is 15.5. The number of hydrogen-bond donors (Lipinski definition) is 3. The molecule has 0 saturated carbocycles. The first kappa shape index (κ1) is 41.4. The molecule has 0 fully saturated rings. The fourth-order valence-electron chi connectivity index (χ4n) is 4.36. The summed E-state index contributed by atoms with van der Waals surface area (Å²) in [5, 5.41) is 16.1. The fraction of sp³-hybridized carbons (Fsp3) is 0.444. The molecule has 2 heterocycles. The summed E-state index contributed by atoms with van der Waals surface area (Å²) in [6, 6.07) is 10.2. The Bertz CT molecular complexity index is 1700. The molecule has 0 bridgehead atoms. The van der Waals surface area contributed by atoms with E-state index in [9.17, 15) is 24.3 Å². The number of amides is 2. The van der Waals surface area contributed by atoms with Crippen molar-refractivity contribution in [2.45, 2.75) is 80.3 Å². The van der Waals surface area contributed by atoms with Crippen LogP contribution in [0.3, 0.4) is 0 Å². The SMILES string of the molecule is CC(C)(C)C(=O)Cl.COc1cccc(Cl)c1C1=C(O)C(C)(C)NC1=O.COc1cccc(Cl)c1C1=C(OC(=O)C(C)(C)C)C(C)(C)NC1=O. The zero-order chi connectivity index (χ0) is 37.9. The van der Waals surface area contributed by atoms with Gasteiger partial charge in [-0.25, -0.2) is 0 Å². The number of ether oxygens (including phenoxy) is 3. The summed E-state index contributed by atoms with van der Waals surface area (Å²) in [4.78, 5) is 47.2. The molecule has 0 radical (unpaired) electrons.